The first-order valence-electron chi connectivity index (χ1n) is 8.49. The van der Waals surface area contributed by atoms with Crippen LogP contribution in [0.1, 0.15) is 38.2 Å². The standard InChI is InChI=1S/C17H23N5OS/c1-2-24-16-6-4-3-5-15(16)19-17(23)11-13-7-9-14(10-8-13)22-12-18-20-21-22/h7-10,12,15-16H,2-6,11H2,1H3,(H,19,23)/t15-,16-/m0/s1. The van der Waals surface area contributed by atoms with E-state index in [1.807, 2.05) is 36.0 Å². The second-order valence-electron chi connectivity index (χ2n) is 6.05. The summed E-state index contributed by atoms with van der Waals surface area (Å²) in [6.45, 7) is 2.18. The van der Waals surface area contributed by atoms with E-state index in [4.69, 9.17) is 0 Å². The van der Waals surface area contributed by atoms with Crippen molar-refractivity contribution in [3.05, 3.63) is 36.2 Å². The molecule has 0 bridgehead atoms. The van der Waals surface area contributed by atoms with Crippen molar-refractivity contribution >= 4 is 17.7 Å². The van der Waals surface area contributed by atoms with Crippen LogP contribution in [0.2, 0.25) is 0 Å². The minimum atomic E-state index is 0.110. The number of hydrogen-bond donors (Lipinski definition) is 1. The Morgan fingerprint density at radius 3 is 2.79 bits per heavy atom. The molecule has 128 valence electrons. The Labute approximate surface area is 146 Å². The van der Waals surface area contributed by atoms with Crippen LogP contribution in [0.3, 0.4) is 0 Å². The van der Waals surface area contributed by atoms with Crippen LogP contribution in [0.4, 0.5) is 0 Å². The number of rotatable bonds is 6. The van der Waals surface area contributed by atoms with Gasteiger partial charge in [-0.05, 0) is 46.7 Å². The van der Waals surface area contributed by atoms with Crippen LogP contribution in [0.25, 0.3) is 5.69 Å². The molecule has 2 atom stereocenters. The van der Waals surface area contributed by atoms with Gasteiger partial charge in [0.15, 0.2) is 0 Å². The Balaban J connectivity index is 1.56. The number of benzene rings is 1. The van der Waals surface area contributed by atoms with Crippen LogP contribution in [-0.2, 0) is 11.2 Å². The van der Waals surface area contributed by atoms with Gasteiger partial charge in [-0.1, -0.05) is 31.9 Å². The fourth-order valence-electron chi connectivity index (χ4n) is 3.16. The molecule has 6 nitrogen and oxygen atoms in total. The third-order valence-corrected chi connectivity index (χ3v) is 5.67. The van der Waals surface area contributed by atoms with Crippen molar-refractivity contribution in [2.45, 2.75) is 50.3 Å². The van der Waals surface area contributed by atoms with Crippen molar-refractivity contribution in [3.63, 3.8) is 0 Å². The van der Waals surface area contributed by atoms with Crippen molar-refractivity contribution in [3.8, 4) is 5.69 Å². The van der Waals surface area contributed by atoms with E-state index in [0.717, 1.165) is 23.4 Å². The van der Waals surface area contributed by atoms with E-state index >= 15 is 0 Å². The topological polar surface area (TPSA) is 72.7 Å². The Bertz CT molecular complexity index is 642. The minimum Gasteiger partial charge on any atom is -0.352 e. The zero-order valence-electron chi connectivity index (χ0n) is 13.9. The van der Waals surface area contributed by atoms with Crippen LogP contribution < -0.4 is 5.32 Å². The van der Waals surface area contributed by atoms with E-state index in [1.54, 1.807) is 11.0 Å². The predicted octanol–water partition coefficient (Wildman–Crippen LogP) is 2.39. The molecule has 1 saturated carbocycles. The maximum Gasteiger partial charge on any atom is 0.224 e. The normalized spacial score (nSPS) is 20.7. The molecule has 1 N–H and O–H groups in total. The summed E-state index contributed by atoms with van der Waals surface area (Å²) >= 11 is 1.97. The van der Waals surface area contributed by atoms with E-state index in [1.165, 1.54) is 19.3 Å². The van der Waals surface area contributed by atoms with Gasteiger partial charge in [-0.15, -0.1) is 5.10 Å². The van der Waals surface area contributed by atoms with E-state index < -0.39 is 0 Å². The number of aromatic nitrogens is 4. The van der Waals surface area contributed by atoms with Crippen molar-refractivity contribution in [2.75, 3.05) is 5.75 Å². The van der Waals surface area contributed by atoms with Crippen molar-refractivity contribution in [2.24, 2.45) is 0 Å². The average Bonchev–Trinajstić information content (AvgIpc) is 3.12. The smallest absolute Gasteiger partial charge is 0.224 e. The molecule has 0 spiro atoms. The number of carbonyl (C=O) groups is 1. The van der Waals surface area contributed by atoms with Crippen LogP contribution in [-0.4, -0.2) is 43.2 Å². The molecule has 0 aliphatic heterocycles. The molecule has 1 aromatic heterocycles. The van der Waals surface area contributed by atoms with E-state index in [-0.39, 0.29) is 5.91 Å². The summed E-state index contributed by atoms with van der Waals surface area (Å²) in [6.07, 6.45) is 6.77. The summed E-state index contributed by atoms with van der Waals surface area (Å²) in [4.78, 5) is 12.4. The number of hydrogen-bond acceptors (Lipinski definition) is 5. The lowest BCUT2D eigenvalue weighted by atomic mass is 9.94. The fraction of sp³-hybridized carbons (Fsp3) is 0.529. The fourth-order valence-corrected chi connectivity index (χ4v) is 4.36. The molecule has 1 aliphatic carbocycles. The molecule has 1 amide bonds. The second-order valence-corrected chi connectivity index (χ2v) is 7.57. The van der Waals surface area contributed by atoms with Gasteiger partial charge in [0, 0.05) is 11.3 Å². The van der Waals surface area contributed by atoms with Gasteiger partial charge in [0.1, 0.15) is 6.33 Å². The lowest BCUT2D eigenvalue weighted by molar-refractivity contribution is -0.121. The molecule has 1 heterocycles. The number of tetrazole rings is 1. The van der Waals surface area contributed by atoms with Gasteiger partial charge in [0.25, 0.3) is 0 Å². The molecule has 24 heavy (non-hydrogen) atoms. The Hall–Kier alpha value is -1.89. The molecule has 0 unspecified atom stereocenters. The molecule has 0 saturated heterocycles. The highest BCUT2D eigenvalue weighted by Crippen LogP contribution is 2.28. The predicted molar refractivity (Wildman–Crippen MR) is 95.2 cm³/mol. The highest BCUT2D eigenvalue weighted by Gasteiger charge is 2.26. The number of thioether (sulfide) groups is 1. The molecule has 3 rings (SSSR count). The summed E-state index contributed by atoms with van der Waals surface area (Å²) in [6, 6.07) is 8.08. The zero-order chi connectivity index (χ0) is 16.8. The van der Waals surface area contributed by atoms with Gasteiger partial charge in [0.05, 0.1) is 12.1 Å². The first-order chi connectivity index (χ1) is 11.8. The number of carbonyl (C=O) groups excluding carboxylic acids is 1. The zero-order valence-corrected chi connectivity index (χ0v) is 14.7. The maximum absolute atomic E-state index is 12.4. The first-order valence-corrected chi connectivity index (χ1v) is 9.54. The van der Waals surface area contributed by atoms with Crippen molar-refractivity contribution in [1.82, 2.24) is 25.5 Å². The minimum absolute atomic E-state index is 0.110. The third-order valence-electron chi connectivity index (χ3n) is 4.34. The largest absolute Gasteiger partial charge is 0.352 e. The van der Waals surface area contributed by atoms with E-state index in [9.17, 15) is 4.79 Å². The average molecular weight is 345 g/mol. The Morgan fingerprint density at radius 2 is 2.08 bits per heavy atom. The van der Waals surface area contributed by atoms with Crippen LogP contribution >= 0.6 is 11.8 Å². The van der Waals surface area contributed by atoms with Crippen molar-refractivity contribution in [1.29, 1.82) is 0 Å². The lowest BCUT2D eigenvalue weighted by Crippen LogP contribution is -2.44. The lowest BCUT2D eigenvalue weighted by Gasteiger charge is -2.31. The van der Waals surface area contributed by atoms with Crippen LogP contribution in [0, 0.1) is 0 Å². The van der Waals surface area contributed by atoms with Gasteiger partial charge in [-0.25, -0.2) is 4.68 Å². The molecule has 0 radical (unpaired) electrons. The molecule has 1 aliphatic rings. The molecule has 7 heteroatoms. The number of amides is 1. The highest BCUT2D eigenvalue weighted by molar-refractivity contribution is 7.99. The summed E-state index contributed by atoms with van der Waals surface area (Å²) in [5.74, 6) is 1.22. The monoisotopic (exact) mass is 345 g/mol. The number of nitrogens with zero attached hydrogens (tertiary/aromatic N) is 4. The van der Waals surface area contributed by atoms with E-state index in [2.05, 4.69) is 27.8 Å². The SMILES string of the molecule is CCS[C@H]1CCCC[C@@H]1NC(=O)Cc1ccc(-n2cnnn2)cc1. The molecular formula is C17H23N5OS. The van der Waals surface area contributed by atoms with Crippen LogP contribution in [0.15, 0.2) is 30.6 Å². The van der Waals surface area contributed by atoms with Gasteiger partial charge < -0.3 is 5.32 Å². The van der Waals surface area contributed by atoms with E-state index in [0.29, 0.717) is 17.7 Å². The van der Waals surface area contributed by atoms with Crippen molar-refractivity contribution < 1.29 is 4.79 Å². The molecular weight excluding hydrogens is 322 g/mol. The summed E-state index contributed by atoms with van der Waals surface area (Å²) < 4.78 is 1.60. The Kier molecular flexibility index (Phi) is 5.85. The van der Waals surface area contributed by atoms with Gasteiger partial charge in [0.2, 0.25) is 5.91 Å². The Morgan fingerprint density at radius 1 is 1.29 bits per heavy atom. The van der Waals surface area contributed by atoms with Gasteiger partial charge in [-0.2, -0.15) is 11.8 Å². The highest BCUT2D eigenvalue weighted by atomic mass is 32.2. The quantitative estimate of drug-likeness (QED) is 0.870. The van der Waals surface area contributed by atoms with Crippen LogP contribution in [0.5, 0.6) is 0 Å². The number of nitrogens with one attached hydrogen (secondary N) is 1. The molecule has 2 aromatic rings. The summed E-state index contributed by atoms with van der Waals surface area (Å²) in [5, 5.41) is 14.9. The molecule has 1 aromatic carbocycles. The van der Waals surface area contributed by atoms with Gasteiger partial charge >= 0.3 is 0 Å². The van der Waals surface area contributed by atoms with Gasteiger partial charge in [-0.3, -0.25) is 4.79 Å². The molecule has 1 fully saturated rings. The third kappa shape index (κ3) is 4.35. The summed E-state index contributed by atoms with van der Waals surface area (Å²) in [5.41, 5.74) is 1.88. The summed E-state index contributed by atoms with van der Waals surface area (Å²) in [7, 11) is 0. The maximum atomic E-state index is 12.4. The second kappa shape index (κ2) is 8.28. The first kappa shape index (κ1) is 17.0.